The molecule has 3 rings (SSSR count). The van der Waals surface area contributed by atoms with E-state index in [1.165, 1.54) is 11.3 Å². The summed E-state index contributed by atoms with van der Waals surface area (Å²) in [5.41, 5.74) is 1.15. The van der Waals surface area contributed by atoms with E-state index in [4.69, 9.17) is 4.74 Å². The standard InChI is InChI=1S/C15H15N3O3S/c1-3-13-16-7-12(22-13)15(20)17-9-4-5-11-10(6-9)18-14(19)8(2)21-11/h4-8H,3H2,1-2H3,(H,17,20)(H,18,19). The van der Waals surface area contributed by atoms with Gasteiger partial charge in [0.1, 0.15) is 10.6 Å². The second kappa shape index (κ2) is 5.76. The molecule has 2 amide bonds. The molecule has 1 aromatic carbocycles. The third-order valence-corrected chi connectivity index (χ3v) is 4.39. The normalized spacial score (nSPS) is 16.5. The number of fused-ring (bicyclic) bond motifs is 1. The van der Waals surface area contributed by atoms with Crippen LogP contribution >= 0.6 is 11.3 Å². The minimum absolute atomic E-state index is 0.203. The molecule has 6 nitrogen and oxygen atoms in total. The quantitative estimate of drug-likeness (QED) is 0.912. The average Bonchev–Trinajstić information content (AvgIpc) is 2.98. The molecule has 1 aliphatic heterocycles. The number of anilines is 2. The molecule has 0 radical (unpaired) electrons. The molecule has 0 fully saturated rings. The molecule has 114 valence electrons. The van der Waals surface area contributed by atoms with Gasteiger partial charge in [-0.2, -0.15) is 0 Å². The van der Waals surface area contributed by atoms with Crippen molar-refractivity contribution in [2.45, 2.75) is 26.4 Å². The van der Waals surface area contributed by atoms with E-state index >= 15 is 0 Å². The Labute approximate surface area is 131 Å². The Morgan fingerprint density at radius 1 is 1.50 bits per heavy atom. The third-order valence-electron chi connectivity index (χ3n) is 3.25. The number of carbonyl (C=O) groups is 2. The van der Waals surface area contributed by atoms with Crippen LogP contribution in [0.3, 0.4) is 0 Å². The average molecular weight is 317 g/mol. The van der Waals surface area contributed by atoms with Gasteiger partial charge in [-0.15, -0.1) is 11.3 Å². The van der Waals surface area contributed by atoms with E-state index < -0.39 is 6.10 Å². The lowest BCUT2D eigenvalue weighted by Gasteiger charge is -2.23. The van der Waals surface area contributed by atoms with Gasteiger partial charge in [0.25, 0.3) is 11.8 Å². The molecule has 2 aromatic rings. The maximum absolute atomic E-state index is 12.2. The van der Waals surface area contributed by atoms with E-state index in [1.54, 1.807) is 31.3 Å². The lowest BCUT2D eigenvalue weighted by molar-refractivity contribution is -0.122. The van der Waals surface area contributed by atoms with Crippen molar-refractivity contribution in [1.82, 2.24) is 4.98 Å². The topological polar surface area (TPSA) is 80.3 Å². The number of hydrogen-bond donors (Lipinski definition) is 2. The molecular formula is C15H15N3O3S. The van der Waals surface area contributed by atoms with Crippen molar-refractivity contribution in [3.63, 3.8) is 0 Å². The number of carbonyl (C=O) groups excluding carboxylic acids is 2. The van der Waals surface area contributed by atoms with Gasteiger partial charge in [0, 0.05) is 5.69 Å². The van der Waals surface area contributed by atoms with Crippen LogP contribution in [0.5, 0.6) is 5.75 Å². The number of aromatic nitrogens is 1. The zero-order chi connectivity index (χ0) is 15.7. The molecule has 1 aromatic heterocycles. The summed E-state index contributed by atoms with van der Waals surface area (Å²) < 4.78 is 5.47. The molecule has 0 aliphatic carbocycles. The number of nitrogens with one attached hydrogen (secondary N) is 2. The van der Waals surface area contributed by atoms with Crippen LogP contribution < -0.4 is 15.4 Å². The van der Waals surface area contributed by atoms with E-state index in [0.29, 0.717) is 22.0 Å². The van der Waals surface area contributed by atoms with Crippen LogP contribution in [0.15, 0.2) is 24.4 Å². The first kappa shape index (κ1) is 14.5. The summed E-state index contributed by atoms with van der Waals surface area (Å²) in [5.74, 6) is 0.177. The highest BCUT2D eigenvalue weighted by molar-refractivity contribution is 7.13. The van der Waals surface area contributed by atoms with Gasteiger partial charge in [-0.25, -0.2) is 4.98 Å². The van der Waals surface area contributed by atoms with Crippen molar-refractivity contribution >= 4 is 34.5 Å². The minimum atomic E-state index is -0.516. The predicted molar refractivity (Wildman–Crippen MR) is 84.6 cm³/mol. The summed E-state index contributed by atoms with van der Waals surface area (Å²) in [7, 11) is 0. The van der Waals surface area contributed by atoms with Crippen LogP contribution in [0.25, 0.3) is 0 Å². The van der Waals surface area contributed by atoms with E-state index in [1.807, 2.05) is 6.92 Å². The molecule has 0 spiro atoms. The lowest BCUT2D eigenvalue weighted by atomic mass is 10.2. The Morgan fingerprint density at radius 3 is 3.05 bits per heavy atom. The first-order valence-corrected chi connectivity index (χ1v) is 7.76. The molecule has 2 heterocycles. The molecule has 0 saturated carbocycles. The Kier molecular flexibility index (Phi) is 3.81. The van der Waals surface area contributed by atoms with Gasteiger partial charge in [-0.3, -0.25) is 9.59 Å². The number of rotatable bonds is 3. The first-order valence-electron chi connectivity index (χ1n) is 6.94. The highest BCUT2D eigenvalue weighted by atomic mass is 32.1. The van der Waals surface area contributed by atoms with Crippen molar-refractivity contribution in [3.8, 4) is 5.75 Å². The number of ether oxygens (including phenoxy) is 1. The van der Waals surface area contributed by atoms with Crippen LogP contribution in [0.4, 0.5) is 11.4 Å². The summed E-state index contributed by atoms with van der Waals surface area (Å²) in [6.07, 6.45) is 1.86. The fourth-order valence-corrected chi connectivity index (χ4v) is 2.81. The number of nitrogens with zero attached hydrogens (tertiary/aromatic N) is 1. The minimum Gasteiger partial charge on any atom is -0.479 e. The molecule has 1 atom stereocenters. The van der Waals surface area contributed by atoms with Gasteiger partial charge in [0.05, 0.1) is 16.9 Å². The van der Waals surface area contributed by atoms with Gasteiger partial charge in [-0.1, -0.05) is 6.92 Å². The van der Waals surface area contributed by atoms with Crippen LogP contribution in [-0.2, 0) is 11.2 Å². The molecule has 7 heteroatoms. The number of aryl methyl sites for hydroxylation is 1. The SMILES string of the molecule is CCc1ncc(C(=O)Nc2ccc3c(c2)NC(=O)C(C)O3)s1. The third kappa shape index (κ3) is 2.80. The molecule has 0 saturated heterocycles. The van der Waals surface area contributed by atoms with Crippen molar-refractivity contribution in [2.24, 2.45) is 0 Å². The number of benzene rings is 1. The monoisotopic (exact) mass is 317 g/mol. The summed E-state index contributed by atoms with van der Waals surface area (Å²) in [4.78, 5) is 28.5. The van der Waals surface area contributed by atoms with E-state index in [-0.39, 0.29) is 11.8 Å². The summed E-state index contributed by atoms with van der Waals surface area (Å²) in [6, 6.07) is 5.15. The number of thiazole rings is 1. The second-order valence-electron chi connectivity index (χ2n) is 4.89. The van der Waals surface area contributed by atoms with Gasteiger partial charge in [-0.05, 0) is 31.5 Å². The van der Waals surface area contributed by atoms with Gasteiger partial charge >= 0.3 is 0 Å². The molecule has 1 unspecified atom stereocenters. The van der Waals surface area contributed by atoms with Crippen molar-refractivity contribution < 1.29 is 14.3 Å². The van der Waals surface area contributed by atoms with E-state index in [2.05, 4.69) is 15.6 Å². The van der Waals surface area contributed by atoms with Gasteiger partial charge in [0.2, 0.25) is 0 Å². The Bertz CT molecular complexity index is 741. The molecule has 1 aliphatic rings. The van der Waals surface area contributed by atoms with E-state index in [9.17, 15) is 9.59 Å². The Hall–Kier alpha value is -2.41. The predicted octanol–water partition coefficient (Wildman–Crippen LogP) is 2.68. The fraction of sp³-hybridized carbons (Fsp3) is 0.267. The molecule has 22 heavy (non-hydrogen) atoms. The molecular weight excluding hydrogens is 302 g/mol. The zero-order valence-corrected chi connectivity index (χ0v) is 13.0. The number of hydrogen-bond acceptors (Lipinski definition) is 5. The van der Waals surface area contributed by atoms with Crippen molar-refractivity contribution in [2.75, 3.05) is 10.6 Å². The van der Waals surface area contributed by atoms with E-state index in [0.717, 1.165) is 11.4 Å². The maximum Gasteiger partial charge on any atom is 0.267 e. The van der Waals surface area contributed by atoms with Crippen LogP contribution in [-0.4, -0.2) is 22.9 Å². The Balaban J connectivity index is 1.77. The first-order chi connectivity index (χ1) is 10.6. The fourth-order valence-electron chi connectivity index (χ4n) is 2.06. The molecule has 2 N–H and O–H groups in total. The molecule has 0 bridgehead atoms. The van der Waals surface area contributed by atoms with Crippen LogP contribution in [0.2, 0.25) is 0 Å². The number of amides is 2. The summed E-state index contributed by atoms with van der Waals surface area (Å²) in [6.45, 7) is 3.68. The zero-order valence-electron chi connectivity index (χ0n) is 12.2. The van der Waals surface area contributed by atoms with Crippen LogP contribution in [0.1, 0.15) is 28.5 Å². The largest absolute Gasteiger partial charge is 0.479 e. The highest BCUT2D eigenvalue weighted by Gasteiger charge is 2.23. The van der Waals surface area contributed by atoms with Gasteiger partial charge in [0.15, 0.2) is 6.10 Å². The highest BCUT2D eigenvalue weighted by Crippen LogP contribution is 2.32. The summed E-state index contributed by atoms with van der Waals surface area (Å²) >= 11 is 1.37. The maximum atomic E-state index is 12.2. The van der Waals surface area contributed by atoms with Crippen molar-refractivity contribution in [1.29, 1.82) is 0 Å². The Morgan fingerprint density at radius 2 is 2.32 bits per heavy atom. The van der Waals surface area contributed by atoms with Crippen LogP contribution in [0, 0.1) is 0 Å². The second-order valence-corrected chi connectivity index (χ2v) is 6.00. The lowest BCUT2D eigenvalue weighted by Crippen LogP contribution is -2.34. The smallest absolute Gasteiger partial charge is 0.267 e. The van der Waals surface area contributed by atoms with Crippen molar-refractivity contribution in [3.05, 3.63) is 34.3 Å². The van der Waals surface area contributed by atoms with Gasteiger partial charge < -0.3 is 15.4 Å². The summed E-state index contributed by atoms with van der Waals surface area (Å²) in [5, 5.41) is 6.47.